The van der Waals surface area contributed by atoms with Crippen LogP contribution in [0.2, 0.25) is 0 Å². The van der Waals surface area contributed by atoms with Gasteiger partial charge < -0.3 is 14.4 Å². The molecule has 0 amide bonds. The van der Waals surface area contributed by atoms with Gasteiger partial charge in [-0.3, -0.25) is 0 Å². The number of methoxy groups -OCH3 is 2. The van der Waals surface area contributed by atoms with Gasteiger partial charge in [0, 0.05) is 11.6 Å². The van der Waals surface area contributed by atoms with Crippen molar-refractivity contribution in [1.29, 1.82) is 0 Å². The molecular formula is C14H24NO2+. The molecule has 0 radical (unpaired) electrons. The number of nitrogens with one attached hydrogen (secondary N) is 1. The van der Waals surface area contributed by atoms with Crippen molar-refractivity contribution in [2.75, 3.05) is 27.8 Å². The zero-order valence-corrected chi connectivity index (χ0v) is 11.4. The van der Waals surface area contributed by atoms with E-state index in [0.717, 1.165) is 18.0 Å². The Bertz CT molecular complexity index is 339. The highest BCUT2D eigenvalue weighted by Gasteiger charge is 2.09. The van der Waals surface area contributed by atoms with Gasteiger partial charge in [0.25, 0.3) is 0 Å². The minimum atomic E-state index is 0.844. The van der Waals surface area contributed by atoms with Gasteiger partial charge in [-0.2, -0.15) is 0 Å². The predicted octanol–water partition coefficient (Wildman–Crippen LogP) is 1.52. The molecule has 1 aromatic rings. The molecule has 96 valence electrons. The second-order valence-corrected chi connectivity index (χ2v) is 4.42. The summed E-state index contributed by atoms with van der Waals surface area (Å²) < 4.78 is 10.6. The molecular weight excluding hydrogens is 214 g/mol. The standard InChI is InChI=1S/C14H23NO2/c1-5-6-9-15(2)11-12-7-8-13(16-3)10-14(12)17-4/h7-8,10H,5-6,9,11H2,1-4H3/p+1. The Morgan fingerprint density at radius 2 is 1.94 bits per heavy atom. The number of benzene rings is 1. The summed E-state index contributed by atoms with van der Waals surface area (Å²) >= 11 is 0. The lowest BCUT2D eigenvalue weighted by molar-refractivity contribution is -0.894. The lowest BCUT2D eigenvalue weighted by atomic mass is 10.1. The zero-order chi connectivity index (χ0) is 12.7. The molecule has 1 aromatic carbocycles. The summed E-state index contributed by atoms with van der Waals surface area (Å²) in [5.74, 6) is 1.76. The van der Waals surface area contributed by atoms with Crippen molar-refractivity contribution < 1.29 is 14.4 Å². The van der Waals surface area contributed by atoms with Crippen molar-refractivity contribution in [3.63, 3.8) is 0 Å². The van der Waals surface area contributed by atoms with E-state index in [2.05, 4.69) is 20.0 Å². The summed E-state index contributed by atoms with van der Waals surface area (Å²) in [6.45, 7) is 4.42. The normalized spacial score (nSPS) is 12.2. The van der Waals surface area contributed by atoms with Crippen molar-refractivity contribution in [2.24, 2.45) is 0 Å². The number of hydrogen-bond acceptors (Lipinski definition) is 2. The van der Waals surface area contributed by atoms with Crippen LogP contribution >= 0.6 is 0 Å². The highest BCUT2D eigenvalue weighted by Crippen LogP contribution is 2.23. The predicted molar refractivity (Wildman–Crippen MR) is 69.9 cm³/mol. The lowest BCUT2D eigenvalue weighted by Crippen LogP contribution is -3.07. The van der Waals surface area contributed by atoms with Crippen LogP contribution in [0.5, 0.6) is 11.5 Å². The molecule has 0 aliphatic heterocycles. The van der Waals surface area contributed by atoms with Crippen LogP contribution in [0.3, 0.4) is 0 Å². The molecule has 0 heterocycles. The quantitative estimate of drug-likeness (QED) is 0.778. The second kappa shape index (κ2) is 7.17. The third kappa shape index (κ3) is 4.27. The highest BCUT2D eigenvalue weighted by atomic mass is 16.5. The first kappa shape index (κ1) is 13.8. The Morgan fingerprint density at radius 3 is 2.53 bits per heavy atom. The van der Waals surface area contributed by atoms with Crippen LogP contribution in [0, 0.1) is 0 Å². The van der Waals surface area contributed by atoms with E-state index in [1.807, 2.05) is 12.1 Å². The average Bonchev–Trinajstić information content (AvgIpc) is 2.36. The van der Waals surface area contributed by atoms with Gasteiger partial charge in [0.05, 0.1) is 27.8 Å². The second-order valence-electron chi connectivity index (χ2n) is 4.42. The van der Waals surface area contributed by atoms with Gasteiger partial charge in [-0.15, -0.1) is 0 Å². The molecule has 0 aromatic heterocycles. The molecule has 3 nitrogen and oxygen atoms in total. The maximum absolute atomic E-state index is 5.40. The molecule has 1 N–H and O–H groups in total. The molecule has 1 atom stereocenters. The maximum Gasteiger partial charge on any atom is 0.131 e. The number of unbranched alkanes of at least 4 members (excludes halogenated alkanes) is 1. The molecule has 17 heavy (non-hydrogen) atoms. The first-order valence-electron chi connectivity index (χ1n) is 6.23. The molecule has 0 saturated carbocycles. The number of hydrogen-bond donors (Lipinski definition) is 1. The minimum Gasteiger partial charge on any atom is -0.497 e. The van der Waals surface area contributed by atoms with Crippen LogP contribution < -0.4 is 14.4 Å². The summed E-state index contributed by atoms with van der Waals surface area (Å²) in [5, 5.41) is 0. The van der Waals surface area contributed by atoms with Gasteiger partial charge in [-0.1, -0.05) is 13.3 Å². The van der Waals surface area contributed by atoms with E-state index in [1.165, 1.54) is 29.8 Å². The SMILES string of the molecule is CCCC[NH+](C)Cc1ccc(OC)cc1OC. The largest absolute Gasteiger partial charge is 0.497 e. The van der Waals surface area contributed by atoms with E-state index in [4.69, 9.17) is 9.47 Å². The fraction of sp³-hybridized carbons (Fsp3) is 0.571. The Morgan fingerprint density at radius 1 is 1.18 bits per heavy atom. The molecule has 3 heteroatoms. The minimum absolute atomic E-state index is 0.844. The molecule has 0 aliphatic carbocycles. The first-order chi connectivity index (χ1) is 8.21. The third-order valence-electron chi connectivity index (χ3n) is 2.94. The summed E-state index contributed by atoms with van der Waals surface area (Å²) in [7, 11) is 5.60. The molecule has 0 saturated heterocycles. The van der Waals surface area contributed by atoms with Gasteiger partial charge in [-0.25, -0.2) is 0 Å². The van der Waals surface area contributed by atoms with E-state index in [-0.39, 0.29) is 0 Å². The van der Waals surface area contributed by atoms with Crippen molar-refractivity contribution in [3.8, 4) is 11.5 Å². The van der Waals surface area contributed by atoms with Crippen LogP contribution in [0.1, 0.15) is 25.3 Å². The van der Waals surface area contributed by atoms with E-state index in [1.54, 1.807) is 14.2 Å². The highest BCUT2D eigenvalue weighted by molar-refractivity contribution is 5.40. The van der Waals surface area contributed by atoms with Gasteiger partial charge in [0.1, 0.15) is 18.0 Å². The van der Waals surface area contributed by atoms with Crippen molar-refractivity contribution in [1.82, 2.24) is 0 Å². The fourth-order valence-electron chi connectivity index (χ4n) is 1.89. The van der Waals surface area contributed by atoms with Crippen LogP contribution in [-0.4, -0.2) is 27.8 Å². The summed E-state index contributed by atoms with van der Waals surface area (Å²) in [5.41, 5.74) is 1.24. The molecule has 0 spiro atoms. The Kier molecular flexibility index (Phi) is 5.84. The Hall–Kier alpha value is -1.22. The summed E-state index contributed by atoms with van der Waals surface area (Å²) in [4.78, 5) is 1.51. The number of quaternary nitrogens is 1. The van der Waals surface area contributed by atoms with E-state index < -0.39 is 0 Å². The van der Waals surface area contributed by atoms with Gasteiger partial charge >= 0.3 is 0 Å². The molecule has 1 rings (SSSR count). The lowest BCUT2D eigenvalue weighted by Gasteiger charge is -2.16. The first-order valence-corrected chi connectivity index (χ1v) is 6.23. The number of rotatable bonds is 7. The van der Waals surface area contributed by atoms with E-state index in [0.29, 0.717) is 0 Å². The van der Waals surface area contributed by atoms with Crippen LogP contribution in [0.15, 0.2) is 18.2 Å². The van der Waals surface area contributed by atoms with Crippen LogP contribution in [0.25, 0.3) is 0 Å². The fourth-order valence-corrected chi connectivity index (χ4v) is 1.89. The summed E-state index contributed by atoms with van der Waals surface area (Å²) in [6, 6.07) is 6.03. The molecule has 0 fully saturated rings. The van der Waals surface area contributed by atoms with Gasteiger partial charge in [-0.05, 0) is 18.6 Å². The monoisotopic (exact) mass is 238 g/mol. The molecule has 1 unspecified atom stereocenters. The maximum atomic E-state index is 5.40. The van der Waals surface area contributed by atoms with Gasteiger partial charge in [0.2, 0.25) is 0 Å². The van der Waals surface area contributed by atoms with Crippen molar-refractivity contribution >= 4 is 0 Å². The average molecular weight is 238 g/mol. The molecule has 0 bridgehead atoms. The molecule has 0 aliphatic rings. The van der Waals surface area contributed by atoms with E-state index >= 15 is 0 Å². The smallest absolute Gasteiger partial charge is 0.131 e. The topological polar surface area (TPSA) is 22.9 Å². The van der Waals surface area contributed by atoms with Crippen LogP contribution in [-0.2, 0) is 6.54 Å². The van der Waals surface area contributed by atoms with Crippen LogP contribution in [0.4, 0.5) is 0 Å². The third-order valence-corrected chi connectivity index (χ3v) is 2.94. The van der Waals surface area contributed by atoms with Crippen molar-refractivity contribution in [2.45, 2.75) is 26.3 Å². The zero-order valence-electron chi connectivity index (χ0n) is 11.4. The number of ether oxygens (including phenoxy) is 2. The van der Waals surface area contributed by atoms with Crippen molar-refractivity contribution in [3.05, 3.63) is 23.8 Å². The van der Waals surface area contributed by atoms with Gasteiger partial charge in [0.15, 0.2) is 0 Å². The van der Waals surface area contributed by atoms with E-state index in [9.17, 15) is 0 Å². The Labute approximate surface area is 104 Å². The Balaban J connectivity index is 2.69. The summed E-state index contributed by atoms with van der Waals surface area (Å²) in [6.07, 6.45) is 2.52.